The zero-order chi connectivity index (χ0) is 24.8. The first-order chi connectivity index (χ1) is 17.0. The fourth-order valence-electron chi connectivity index (χ4n) is 4.84. The van der Waals surface area contributed by atoms with Gasteiger partial charge in [-0.3, -0.25) is 9.69 Å². The molecule has 1 aliphatic rings. The van der Waals surface area contributed by atoms with Gasteiger partial charge in [0.1, 0.15) is 11.5 Å². The quantitative estimate of drug-likeness (QED) is 0.506. The summed E-state index contributed by atoms with van der Waals surface area (Å²) in [7, 11) is 1.62. The van der Waals surface area contributed by atoms with E-state index in [1.54, 1.807) is 17.7 Å². The molecule has 1 fully saturated rings. The maximum absolute atomic E-state index is 13.7. The molecule has 1 atom stereocenters. The van der Waals surface area contributed by atoms with E-state index in [1.807, 2.05) is 44.2 Å². The fourth-order valence-corrected chi connectivity index (χ4v) is 4.84. The van der Waals surface area contributed by atoms with Gasteiger partial charge in [0, 0.05) is 51.2 Å². The molecule has 1 saturated heterocycles. The molecule has 0 aliphatic carbocycles. The summed E-state index contributed by atoms with van der Waals surface area (Å²) in [6.45, 7) is 8.44. The number of ether oxygens (including phenoxy) is 2. The maximum atomic E-state index is 13.7. The molecule has 35 heavy (non-hydrogen) atoms. The van der Waals surface area contributed by atoms with E-state index in [9.17, 15) is 9.90 Å². The van der Waals surface area contributed by atoms with E-state index < -0.39 is 0 Å². The minimum Gasteiger partial charge on any atom is -0.507 e. The minimum atomic E-state index is -0.370. The van der Waals surface area contributed by atoms with Crippen LogP contribution in [-0.4, -0.2) is 61.1 Å². The molecule has 0 bridgehead atoms. The molecule has 1 N–H and O–H groups in total. The third kappa shape index (κ3) is 5.52. The number of methoxy groups -OCH3 is 1. The molecule has 0 spiro atoms. The molecule has 7 heteroatoms. The van der Waals surface area contributed by atoms with E-state index in [1.165, 1.54) is 5.69 Å². The molecule has 2 aromatic carbocycles. The number of aryl methyl sites for hydroxylation is 1. The standard InChI is InChI=1S/C28H35N3O4/c1-4-35-24-12-10-22(11-13-24)27(26-25(32)20-21(2)31(28(26)33)18-19-34-3)30-16-14-29(15-17-30)23-8-6-5-7-9-23/h5-13,20,27,32H,4,14-19H2,1-3H3. The monoisotopic (exact) mass is 477 g/mol. The summed E-state index contributed by atoms with van der Waals surface area (Å²) in [5.41, 5.74) is 3.10. The van der Waals surface area contributed by atoms with Gasteiger partial charge in [-0.25, -0.2) is 0 Å². The highest BCUT2D eigenvalue weighted by atomic mass is 16.5. The first-order valence-corrected chi connectivity index (χ1v) is 12.2. The van der Waals surface area contributed by atoms with Crippen molar-refractivity contribution in [3.63, 3.8) is 0 Å². The average Bonchev–Trinajstić information content (AvgIpc) is 2.88. The van der Waals surface area contributed by atoms with Crippen molar-refractivity contribution < 1.29 is 14.6 Å². The van der Waals surface area contributed by atoms with E-state index in [0.29, 0.717) is 31.0 Å². The lowest BCUT2D eigenvalue weighted by Gasteiger charge is -2.40. The molecular formula is C28H35N3O4. The minimum absolute atomic E-state index is 0.0329. The predicted molar refractivity (Wildman–Crippen MR) is 139 cm³/mol. The summed E-state index contributed by atoms with van der Waals surface area (Å²) < 4.78 is 12.6. The lowest BCUT2D eigenvalue weighted by Crippen LogP contribution is -2.49. The van der Waals surface area contributed by atoms with Crippen LogP contribution in [0.5, 0.6) is 11.5 Å². The number of anilines is 1. The number of aromatic hydroxyl groups is 1. The van der Waals surface area contributed by atoms with Gasteiger partial charge in [0.25, 0.3) is 5.56 Å². The third-order valence-corrected chi connectivity index (χ3v) is 6.62. The molecule has 3 aromatic rings. The highest BCUT2D eigenvalue weighted by Crippen LogP contribution is 2.34. The maximum Gasteiger partial charge on any atom is 0.259 e. The Balaban J connectivity index is 1.71. The van der Waals surface area contributed by atoms with Crippen LogP contribution < -0.4 is 15.2 Å². The normalized spacial score (nSPS) is 15.2. The van der Waals surface area contributed by atoms with E-state index >= 15 is 0 Å². The predicted octanol–water partition coefficient (Wildman–Crippen LogP) is 3.82. The average molecular weight is 478 g/mol. The summed E-state index contributed by atoms with van der Waals surface area (Å²) in [5, 5.41) is 11.0. The number of piperazine rings is 1. The summed E-state index contributed by atoms with van der Waals surface area (Å²) in [4.78, 5) is 18.4. The van der Waals surface area contributed by atoms with Gasteiger partial charge in [-0.05, 0) is 49.7 Å². The highest BCUT2D eigenvalue weighted by molar-refractivity contribution is 5.47. The van der Waals surface area contributed by atoms with E-state index in [-0.39, 0.29) is 17.4 Å². The van der Waals surface area contributed by atoms with Crippen LogP contribution in [0, 0.1) is 6.92 Å². The number of aromatic nitrogens is 1. The van der Waals surface area contributed by atoms with Crippen molar-refractivity contribution in [1.29, 1.82) is 0 Å². The van der Waals surface area contributed by atoms with Crippen LogP contribution in [0.25, 0.3) is 0 Å². The van der Waals surface area contributed by atoms with Crippen LogP contribution in [0.3, 0.4) is 0 Å². The van der Waals surface area contributed by atoms with Crippen molar-refractivity contribution in [2.24, 2.45) is 0 Å². The zero-order valence-corrected chi connectivity index (χ0v) is 20.8. The second kappa shape index (κ2) is 11.4. The molecule has 1 aliphatic heterocycles. The van der Waals surface area contributed by atoms with Crippen molar-refractivity contribution in [1.82, 2.24) is 9.47 Å². The Morgan fingerprint density at radius 1 is 1.00 bits per heavy atom. The first kappa shape index (κ1) is 24.8. The van der Waals surface area contributed by atoms with Gasteiger partial charge in [-0.2, -0.15) is 0 Å². The summed E-state index contributed by atoms with van der Waals surface area (Å²) in [5.74, 6) is 0.820. The molecule has 0 amide bonds. The Morgan fingerprint density at radius 2 is 1.69 bits per heavy atom. The molecule has 0 radical (unpaired) electrons. The topological polar surface area (TPSA) is 67.2 Å². The fraction of sp³-hybridized carbons (Fsp3) is 0.393. The van der Waals surface area contributed by atoms with E-state index in [4.69, 9.17) is 9.47 Å². The number of nitrogens with zero attached hydrogens (tertiary/aromatic N) is 3. The zero-order valence-electron chi connectivity index (χ0n) is 20.8. The van der Waals surface area contributed by atoms with Gasteiger partial charge in [0.2, 0.25) is 0 Å². The van der Waals surface area contributed by atoms with Crippen LogP contribution in [0.4, 0.5) is 5.69 Å². The van der Waals surface area contributed by atoms with E-state index in [0.717, 1.165) is 37.5 Å². The molecule has 186 valence electrons. The van der Waals surface area contributed by atoms with Gasteiger partial charge in [-0.1, -0.05) is 30.3 Å². The Kier molecular flexibility index (Phi) is 8.10. The first-order valence-electron chi connectivity index (χ1n) is 12.2. The summed E-state index contributed by atoms with van der Waals surface area (Å²) in [6, 6.07) is 19.6. The number of pyridine rings is 1. The van der Waals surface area contributed by atoms with Crippen LogP contribution in [0.2, 0.25) is 0 Å². The number of rotatable bonds is 9. The van der Waals surface area contributed by atoms with Crippen LogP contribution in [0.1, 0.15) is 29.8 Å². The van der Waals surface area contributed by atoms with Gasteiger partial charge in [0.15, 0.2) is 0 Å². The molecule has 0 saturated carbocycles. The second-order valence-corrected chi connectivity index (χ2v) is 8.80. The smallest absolute Gasteiger partial charge is 0.259 e. The Bertz CT molecular complexity index is 1150. The Hall–Kier alpha value is -3.29. The number of hydrogen-bond donors (Lipinski definition) is 1. The third-order valence-electron chi connectivity index (χ3n) is 6.62. The van der Waals surface area contributed by atoms with Crippen molar-refractivity contribution >= 4 is 5.69 Å². The Morgan fingerprint density at radius 3 is 2.31 bits per heavy atom. The molecule has 2 heterocycles. The van der Waals surface area contributed by atoms with Crippen molar-refractivity contribution in [3.05, 3.63) is 87.8 Å². The van der Waals surface area contributed by atoms with Crippen molar-refractivity contribution in [3.8, 4) is 11.5 Å². The molecule has 1 unspecified atom stereocenters. The second-order valence-electron chi connectivity index (χ2n) is 8.80. The van der Waals surface area contributed by atoms with Gasteiger partial charge < -0.3 is 24.0 Å². The van der Waals surface area contributed by atoms with E-state index in [2.05, 4.69) is 34.1 Å². The van der Waals surface area contributed by atoms with Gasteiger partial charge in [-0.15, -0.1) is 0 Å². The van der Waals surface area contributed by atoms with Crippen LogP contribution >= 0.6 is 0 Å². The van der Waals surface area contributed by atoms with Crippen LogP contribution in [0.15, 0.2) is 65.5 Å². The van der Waals surface area contributed by atoms with Crippen LogP contribution in [-0.2, 0) is 11.3 Å². The van der Waals surface area contributed by atoms with Crippen molar-refractivity contribution in [2.75, 3.05) is 51.4 Å². The largest absolute Gasteiger partial charge is 0.507 e. The van der Waals surface area contributed by atoms with Gasteiger partial charge in [0.05, 0.1) is 24.8 Å². The summed E-state index contributed by atoms with van der Waals surface area (Å²) in [6.07, 6.45) is 0. The lowest BCUT2D eigenvalue weighted by molar-refractivity contribution is 0.183. The van der Waals surface area contributed by atoms with Crippen molar-refractivity contribution in [2.45, 2.75) is 26.4 Å². The van der Waals surface area contributed by atoms with Gasteiger partial charge >= 0.3 is 0 Å². The number of para-hydroxylation sites is 1. The Labute approximate surface area is 207 Å². The molecular weight excluding hydrogens is 442 g/mol. The molecule has 7 nitrogen and oxygen atoms in total. The lowest BCUT2D eigenvalue weighted by atomic mass is 9.95. The SMILES string of the molecule is CCOc1ccc(C(c2c(O)cc(C)n(CCOC)c2=O)N2CCN(c3ccccc3)CC2)cc1. The molecule has 1 aromatic heterocycles. The molecule has 4 rings (SSSR count). The number of benzene rings is 2. The highest BCUT2D eigenvalue weighted by Gasteiger charge is 2.31. The summed E-state index contributed by atoms with van der Waals surface area (Å²) >= 11 is 0. The number of hydrogen-bond acceptors (Lipinski definition) is 6.